The Morgan fingerprint density at radius 2 is 2.00 bits per heavy atom. The lowest BCUT2D eigenvalue weighted by atomic mass is 10.1. The van der Waals surface area contributed by atoms with Crippen LogP contribution in [0.2, 0.25) is 0 Å². The number of carbonyl (C=O) groups excluding carboxylic acids is 1. The van der Waals surface area contributed by atoms with Gasteiger partial charge in [0.1, 0.15) is 12.0 Å². The van der Waals surface area contributed by atoms with Crippen molar-refractivity contribution in [2.24, 2.45) is 5.73 Å². The Labute approximate surface area is 125 Å². The van der Waals surface area contributed by atoms with E-state index in [-0.39, 0.29) is 5.91 Å². The van der Waals surface area contributed by atoms with E-state index in [1.165, 1.54) is 11.8 Å². The van der Waals surface area contributed by atoms with Gasteiger partial charge in [0.05, 0.1) is 12.1 Å². The highest BCUT2D eigenvalue weighted by Crippen LogP contribution is 2.11. The molecule has 1 aromatic carbocycles. The molecule has 0 bridgehead atoms. The zero-order chi connectivity index (χ0) is 15.1. The normalized spacial score (nSPS) is 10.6. The van der Waals surface area contributed by atoms with Crippen molar-refractivity contribution < 1.29 is 9.21 Å². The number of aryl methyl sites for hydroxylation is 1. The first kappa shape index (κ1) is 15.3. The first-order valence-electron chi connectivity index (χ1n) is 7.27. The van der Waals surface area contributed by atoms with Crippen molar-refractivity contribution >= 4 is 5.91 Å². The molecule has 0 unspecified atom stereocenters. The minimum Gasteiger partial charge on any atom is -0.467 e. The number of hydrogen-bond donors (Lipinski definition) is 1. The first-order chi connectivity index (χ1) is 10.2. The lowest BCUT2D eigenvalue weighted by Crippen LogP contribution is -2.27. The standard InChI is InChI=1S/C17H22N2O2/c1-19(17(20)15-11-16(12-18)21-13-15)10-6-5-9-14-7-3-2-4-8-14/h2-4,7-8,11,13H,5-6,9-10,12,18H2,1H3. The van der Waals surface area contributed by atoms with Gasteiger partial charge in [0.15, 0.2) is 0 Å². The number of rotatable bonds is 7. The van der Waals surface area contributed by atoms with Crippen molar-refractivity contribution in [2.75, 3.05) is 13.6 Å². The summed E-state index contributed by atoms with van der Waals surface area (Å²) in [5, 5.41) is 0. The molecule has 2 aromatic rings. The van der Waals surface area contributed by atoms with E-state index < -0.39 is 0 Å². The molecule has 1 amide bonds. The van der Waals surface area contributed by atoms with E-state index in [4.69, 9.17) is 10.2 Å². The number of nitrogens with two attached hydrogens (primary N) is 1. The quantitative estimate of drug-likeness (QED) is 0.796. The molecular weight excluding hydrogens is 264 g/mol. The average molecular weight is 286 g/mol. The molecule has 0 atom stereocenters. The molecular formula is C17H22N2O2. The summed E-state index contributed by atoms with van der Waals surface area (Å²) in [6.45, 7) is 1.06. The Balaban J connectivity index is 1.74. The second-order valence-corrected chi connectivity index (χ2v) is 5.18. The number of amides is 1. The van der Waals surface area contributed by atoms with Crippen molar-refractivity contribution in [1.82, 2.24) is 4.90 Å². The van der Waals surface area contributed by atoms with Gasteiger partial charge in [-0.25, -0.2) is 0 Å². The number of nitrogens with zero attached hydrogens (tertiary/aromatic N) is 1. The Hall–Kier alpha value is -2.07. The Kier molecular flexibility index (Phi) is 5.58. The first-order valence-corrected chi connectivity index (χ1v) is 7.27. The van der Waals surface area contributed by atoms with Crippen LogP contribution in [0.15, 0.2) is 47.1 Å². The van der Waals surface area contributed by atoms with Crippen LogP contribution < -0.4 is 5.73 Å². The highest BCUT2D eigenvalue weighted by Gasteiger charge is 2.14. The Morgan fingerprint density at radius 1 is 1.24 bits per heavy atom. The van der Waals surface area contributed by atoms with Gasteiger partial charge >= 0.3 is 0 Å². The molecule has 112 valence electrons. The summed E-state index contributed by atoms with van der Waals surface area (Å²) in [5.74, 6) is 0.619. The summed E-state index contributed by atoms with van der Waals surface area (Å²) >= 11 is 0. The molecule has 21 heavy (non-hydrogen) atoms. The summed E-state index contributed by atoms with van der Waals surface area (Å²) in [7, 11) is 1.82. The highest BCUT2D eigenvalue weighted by molar-refractivity contribution is 5.93. The van der Waals surface area contributed by atoms with E-state index >= 15 is 0 Å². The van der Waals surface area contributed by atoms with Crippen LogP contribution in [0.1, 0.15) is 34.5 Å². The number of carbonyl (C=O) groups is 1. The van der Waals surface area contributed by atoms with Crippen LogP contribution in [0.25, 0.3) is 0 Å². The molecule has 0 fully saturated rings. The lowest BCUT2D eigenvalue weighted by molar-refractivity contribution is 0.0792. The molecule has 2 rings (SSSR count). The zero-order valence-corrected chi connectivity index (χ0v) is 12.4. The van der Waals surface area contributed by atoms with Crippen molar-refractivity contribution in [3.63, 3.8) is 0 Å². The molecule has 0 aliphatic rings. The van der Waals surface area contributed by atoms with E-state index in [9.17, 15) is 4.79 Å². The van der Waals surface area contributed by atoms with Crippen LogP contribution in [0, 0.1) is 0 Å². The van der Waals surface area contributed by atoms with Gasteiger partial charge in [0.25, 0.3) is 5.91 Å². The van der Waals surface area contributed by atoms with Crippen LogP contribution in [0.3, 0.4) is 0 Å². The number of benzene rings is 1. The number of furan rings is 1. The minimum absolute atomic E-state index is 0.0156. The van der Waals surface area contributed by atoms with Gasteiger partial charge in [0.2, 0.25) is 0 Å². The summed E-state index contributed by atoms with van der Waals surface area (Å²) < 4.78 is 5.20. The van der Waals surface area contributed by atoms with Gasteiger partial charge in [-0.1, -0.05) is 30.3 Å². The third-order valence-electron chi connectivity index (χ3n) is 3.50. The molecule has 0 aliphatic heterocycles. The molecule has 0 radical (unpaired) electrons. The molecule has 4 nitrogen and oxygen atoms in total. The van der Waals surface area contributed by atoms with E-state index in [2.05, 4.69) is 24.3 Å². The Morgan fingerprint density at radius 3 is 2.67 bits per heavy atom. The fraction of sp³-hybridized carbons (Fsp3) is 0.353. The summed E-state index contributed by atoms with van der Waals surface area (Å²) in [6.07, 6.45) is 4.58. The molecule has 2 N–H and O–H groups in total. The largest absolute Gasteiger partial charge is 0.467 e. The molecule has 0 saturated carbocycles. The van der Waals surface area contributed by atoms with Crippen molar-refractivity contribution in [3.8, 4) is 0 Å². The fourth-order valence-corrected chi connectivity index (χ4v) is 2.24. The SMILES string of the molecule is CN(CCCCc1ccccc1)C(=O)c1coc(CN)c1. The monoisotopic (exact) mass is 286 g/mol. The minimum atomic E-state index is -0.0156. The van der Waals surface area contributed by atoms with Gasteiger partial charge in [-0.3, -0.25) is 4.79 Å². The molecule has 0 aliphatic carbocycles. The third-order valence-corrected chi connectivity index (χ3v) is 3.50. The summed E-state index contributed by atoms with van der Waals surface area (Å²) in [5.41, 5.74) is 7.39. The van der Waals surface area contributed by atoms with E-state index in [0.29, 0.717) is 17.9 Å². The maximum atomic E-state index is 12.2. The second kappa shape index (κ2) is 7.64. The van der Waals surface area contributed by atoms with Crippen LogP contribution >= 0.6 is 0 Å². The van der Waals surface area contributed by atoms with Gasteiger partial charge in [-0.2, -0.15) is 0 Å². The van der Waals surface area contributed by atoms with Gasteiger partial charge in [0, 0.05) is 13.6 Å². The van der Waals surface area contributed by atoms with Gasteiger partial charge in [-0.15, -0.1) is 0 Å². The molecule has 0 saturated heterocycles. The molecule has 4 heteroatoms. The van der Waals surface area contributed by atoms with Crippen molar-refractivity contribution in [1.29, 1.82) is 0 Å². The average Bonchev–Trinajstić information content (AvgIpc) is 3.00. The van der Waals surface area contributed by atoms with Crippen molar-refractivity contribution in [3.05, 3.63) is 59.5 Å². The van der Waals surface area contributed by atoms with Crippen LogP contribution in [-0.4, -0.2) is 24.4 Å². The third kappa shape index (κ3) is 4.46. The predicted octanol–water partition coefficient (Wildman–Crippen LogP) is 2.83. The van der Waals surface area contributed by atoms with Gasteiger partial charge in [-0.05, 0) is 30.9 Å². The lowest BCUT2D eigenvalue weighted by Gasteiger charge is -2.15. The molecule has 1 aromatic heterocycles. The summed E-state index contributed by atoms with van der Waals surface area (Å²) in [4.78, 5) is 13.9. The van der Waals surface area contributed by atoms with Crippen molar-refractivity contribution in [2.45, 2.75) is 25.8 Å². The van der Waals surface area contributed by atoms with E-state index in [1.807, 2.05) is 13.1 Å². The molecule has 1 heterocycles. The van der Waals surface area contributed by atoms with Crippen LogP contribution in [-0.2, 0) is 13.0 Å². The van der Waals surface area contributed by atoms with E-state index in [1.54, 1.807) is 11.0 Å². The maximum absolute atomic E-state index is 12.2. The smallest absolute Gasteiger partial charge is 0.256 e. The number of unbranched alkanes of at least 4 members (excludes halogenated alkanes) is 1. The fourth-order valence-electron chi connectivity index (χ4n) is 2.24. The van der Waals surface area contributed by atoms with Gasteiger partial charge < -0.3 is 15.1 Å². The molecule has 0 spiro atoms. The van der Waals surface area contributed by atoms with E-state index in [0.717, 1.165) is 25.8 Å². The maximum Gasteiger partial charge on any atom is 0.256 e. The highest BCUT2D eigenvalue weighted by atomic mass is 16.3. The Bertz CT molecular complexity index is 563. The summed E-state index contributed by atoms with van der Waals surface area (Å²) in [6, 6.07) is 12.1. The number of hydrogen-bond acceptors (Lipinski definition) is 3. The predicted molar refractivity (Wildman–Crippen MR) is 82.9 cm³/mol. The van der Waals surface area contributed by atoms with Crippen LogP contribution in [0.4, 0.5) is 0 Å². The van der Waals surface area contributed by atoms with Crippen LogP contribution in [0.5, 0.6) is 0 Å². The second-order valence-electron chi connectivity index (χ2n) is 5.18. The topological polar surface area (TPSA) is 59.5 Å². The zero-order valence-electron chi connectivity index (χ0n) is 12.4.